The predicted octanol–water partition coefficient (Wildman–Crippen LogP) is 3.06. The Balaban J connectivity index is 2.11. The third kappa shape index (κ3) is 4.57. The first kappa shape index (κ1) is 17.0. The van der Waals surface area contributed by atoms with Gasteiger partial charge in [0.15, 0.2) is 5.78 Å². The van der Waals surface area contributed by atoms with E-state index < -0.39 is 23.7 Å². The zero-order valence-electron chi connectivity index (χ0n) is 12.8. The van der Waals surface area contributed by atoms with Gasteiger partial charge in [-0.1, -0.05) is 18.2 Å². The molecular formula is C17H15N3O4. The topological polar surface area (TPSA) is 108 Å². The van der Waals surface area contributed by atoms with Crippen molar-refractivity contribution in [2.45, 2.75) is 13.0 Å². The highest BCUT2D eigenvalue weighted by atomic mass is 16.4. The highest BCUT2D eigenvalue weighted by molar-refractivity contribution is 6.10. The molecule has 2 aromatic rings. The number of hydrogen-bond donors (Lipinski definition) is 2. The van der Waals surface area contributed by atoms with Gasteiger partial charge in [-0.25, -0.2) is 4.79 Å². The van der Waals surface area contributed by atoms with Crippen molar-refractivity contribution < 1.29 is 19.5 Å². The molecule has 0 radical (unpaired) electrons. The quantitative estimate of drug-likeness (QED) is 0.628. The smallest absolute Gasteiger partial charge is 0.335 e. The number of carbonyl (C=O) groups excluding carboxylic acids is 2. The molecule has 0 aliphatic carbocycles. The number of ketones is 1. The summed E-state index contributed by atoms with van der Waals surface area (Å²) in [6.07, 6.45) is 0. The van der Waals surface area contributed by atoms with Gasteiger partial charge in [0.05, 0.1) is 11.3 Å². The van der Waals surface area contributed by atoms with Crippen LogP contribution in [0.2, 0.25) is 0 Å². The summed E-state index contributed by atoms with van der Waals surface area (Å²) in [4.78, 5) is 34.6. The largest absolute Gasteiger partial charge is 0.478 e. The molecule has 2 rings (SSSR count). The summed E-state index contributed by atoms with van der Waals surface area (Å²) >= 11 is 0. The zero-order valence-corrected chi connectivity index (χ0v) is 12.8. The number of carboxylic acids is 1. The van der Waals surface area contributed by atoms with Crippen LogP contribution in [-0.2, 0) is 9.59 Å². The molecule has 2 N–H and O–H groups in total. The summed E-state index contributed by atoms with van der Waals surface area (Å²) in [5.74, 6) is -2.09. The van der Waals surface area contributed by atoms with E-state index in [1.54, 1.807) is 30.3 Å². The first-order chi connectivity index (χ1) is 11.5. The molecule has 0 spiro atoms. The maximum absolute atomic E-state index is 12.2. The van der Waals surface area contributed by atoms with Gasteiger partial charge < -0.3 is 10.4 Å². The summed E-state index contributed by atoms with van der Waals surface area (Å²) in [7, 11) is 0. The lowest BCUT2D eigenvalue weighted by atomic mass is 10.2. The van der Waals surface area contributed by atoms with Crippen molar-refractivity contribution in [3.63, 3.8) is 0 Å². The minimum Gasteiger partial charge on any atom is -0.478 e. The van der Waals surface area contributed by atoms with Crippen LogP contribution >= 0.6 is 0 Å². The maximum Gasteiger partial charge on any atom is 0.335 e. The van der Waals surface area contributed by atoms with Crippen molar-refractivity contribution in [3.05, 3.63) is 60.2 Å². The summed E-state index contributed by atoms with van der Waals surface area (Å²) in [5.41, 5.74) is 1.01. The van der Waals surface area contributed by atoms with Gasteiger partial charge in [0.2, 0.25) is 6.04 Å². The molecule has 7 heteroatoms. The van der Waals surface area contributed by atoms with Gasteiger partial charge in [0.1, 0.15) is 0 Å². The molecule has 24 heavy (non-hydrogen) atoms. The van der Waals surface area contributed by atoms with E-state index in [1.165, 1.54) is 31.2 Å². The number of carbonyl (C=O) groups is 3. The van der Waals surface area contributed by atoms with Crippen molar-refractivity contribution in [2.75, 3.05) is 5.32 Å². The van der Waals surface area contributed by atoms with Crippen molar-refractivity contribution in [1.82, 2.24) is 0 Å². The molecule has 2 aromatic carbocycles. The van der Waals surface area contributed by atoms with Gasteiger partial charge in [-0.05, 0) is 43.3 Å². The molecule has 1 amide bonds. The molecule has 1 unspecified atom stereocenters. The minimum absolute atomic E-state index is 0.110. The van der Waals surface area contributed by atoms with Crippen LogP contribution in [0.25, 0.3) is 0 Å². The molecule has 0 bridgehead atoms. The highest BCUT2D eigenvalue weighted by Gasteiger charge is 2.23. The molecule has 1 atom stereocenters. The predicted molar refractivity (Wildman–Crippen MR) is 87.5 cm³/mol. The Morgan fingerprint density at radius 3 is 2.17 bits per heavy atom. The number of azo groups is 1. The molecule has 0 heterocycles. The van der Waals surface area contributed by atoms with E-state index in [-0.39, 0.29) is 5.56 Å². The van der Waals surface area contributed by atoms with Crippen molar-refractivity contribution in [1.29, 1.82) is 0 Å². The van der Waals surface area contributed by atoms with Crippen molar-refractivity contribution in [2.24, 2.45) is 10.2 Å². The first-order valence-corrected chi connectivity index (χ1v) is 7.08. The molecule has 122 valence electrons. The fourth-order valence-electron chi connectivity index (χ4n) is 1.85. The van der Waals surface area contributed by atoms with Gasteiger partial charge in [0, 0.05) is 5.69 Å². The number of nitrogens with one attached hydrogen (secondary N) is 1. The number of rotatable bonds is 6. The molecule has 7 nitrogen and oxygen atoms in total. The summed E-state index contributed by atoms with van der Waals surface area (Å²) in [5, 5.41) is 19.0. The van der Waals surface area contributed by atoms with Crippen LogP contribution in [0, 0.1) is 0 Å². The molecule has 0 saturated carbocycles. The van der Waals surface area contributed by atoms with E-state index in [0.29, 0.717) is 11.4 Å². The Morgan fingerprint density at radius 1 is 1.00 bits per heavy atom. The van der Waals surface area contributed by atoms with Crippen LogP contribution in [-0.4, -0.2) is 28.8 Å². The van der Waals surface area contributed by atoms with E-state index in [2.05, 4.69) is 15.5 Å². The average molecular weight is 325 g/mol. The Labute approximate surface area is 138 Å². The molecule has 0 fully saturated rings. The SMILES string of the molecule is CC(=O)C(/N=N/c1ccc(C(=O)O)cc1)C(=O)Nc1ccccc1. The Bertz CT molecular complexity index is 770. The first-order valence-electron chi connectivity index (χ1n) is 7.08. The van der Waals surface area contributed by atoms with Crippen LogP contribution < -0.4 is 5.32 Å². The third-order valence-electron chi connectivity index (χ3n) is 3.08. The van der Waals surface area contributed by atoms with Crippen molar-refractivity contribution >= 4 is 29.0 Å². The number of hydrogen-bond acceptors (Lipinski definition) is 5. The van der Waals surface area contributed by atoms with E-state index in [4.69, 9.17) is 5.11 Å². The van der Waals surface area contributed by atoms with E-state index in [0.717, 1.165) is 0 Å². The monoisotopic (exact) mass is 325 g/mol. The van der Waals surface area contributed by atoms with Crippen LogP contribution in [0.3, 0.4) is 0 Å². The average Bonchev–Trinajstić information content (AvgIpc) is 2.56. The number of benzene rings is 2. The number of nitrogens with zero attached hydrogens (tertiary/aromatic N) is 2. The molecule has 0 aliphatic rings. The number of amides is 1. The lowest BCUT2D eigenvalue weighted by Crippen LogP contribution is -2.31. The summed E-state index contributed by atoms with van der Waals surface area (Å²) in [6, 6.07) is 13.0. The lowest BCUT2D eigenvalue weighted by Gasteiger charge is -2.09. The van der Waals surface area contributed by atoms with E-state index in [9.17, 15) is 14.4 Å². The molecule has 0 saturated heterocycles. The summed E-state index contributed by atoms with van der Waals surface area (Å²) < 4.78 is 0. The second-order valence-electron chi connectivity index (χ2n) is 4.94. The minimum atomic E-state index is -1.27. The number of para-hydroxylation sites is 1. The van der Waals surface area contributed by atoms with E-state index >= 15 is 0 Å². The van der Waals surface area contributed by atoms with Gasteiger partial charge >= 0.3 is 5.97 Å². The van der Waals surface area contributed by atoms with Gasteiger partial charge in [-0.15, -0.1) is 0 Å². The van der Waals surface area contributed by atoms with Crippen LogP contribution in [0.4, 0.5) is 11.4 Å². The Kier molecular flexibility index (Phi) is 5.51. The fraction of sp³-hybridized carbons (Fsp3) is 0.118. The standard InChI is InChI=1S/C17H15N3O4/c1-11(21)15(16(22)18-13-5-3-2-4-6-13)20-19-14-9-7-12(8-10-14)17(23)24/h2-10,15H,1H3,(H,18,22)(H,23,24)/b20-19+. The number of anilines is 1. The number of Topliss-reactive ketones (excluding diaryl/α,β-unsaturated/α-hetero) is 1. The summed E-state index contributed by atoms with van der Waals surface area (Å²) in [6.45, 7) is 1.25. The van der Waals surface area contributed by atoms with Crippen molar-refractivity contribution in [3.8, 4) is 0 Å². The second-order valence-corrected chi connectivity index (χ2v) is 4.94. The highest BCUT2D eigenvalue weighted by Crippen LogP contribution is 2.15. The third-order valence-corrected chi connectivity index (χ3v) is 3.08. The second kappa shape index (κ2) is 7.77. The van der Waals surface area contributed by atoms with Gasteiger partial charge in [0.25, 0.3) is 5.91 Å². The lowest BCUT2D eigenvalue weighted by molar-refractivity contribution is -0.126. The molecule has 0 aliphatic heterocycles. The number of aromatic carboxylic acids is 1. The fourth-order valence-corrected chi connectivity index (χ4v) is 1.85. The normalized spacial score (nSPS) is 11.9. The van der Waals surface area contributed by atoms with Gasteiger partial charge in [-0.2, -0.15) is 10.2 Å². The molecular weight excluding hydrogens is 310 g/mol. The van der Waals surface area contributed by atoms with Crippen LogP contribution in [0.5, 0.6) is 0 Å². The van der Waals surface area contributed by atoms with Crippen LogP contribution in [0.1, 0.15) is 17.3 Å². The maximum atomic E-state index is 12.2. The van der Waals surface area contributed by atoms with E-state index in [1.807, 2.05) is 0 Å². The zero-order chi connectivity index (χ0) is 17.5. The Morgan fingerprint density at radius 2 is 1.62 bits per heavy atom. The number of carboxylic acid groups (broad SMARTS) is 1. The molecule has 0 aromatic heterocycles. The van der Waals surface area contributed by atoms with Crippen LogP contribution in [0.15, 0.2) is 64.8 Å². The Hall–Kier alpha value is -3.35. The van der Waals surface area contributed by atoms with Gasteiger partial charge in [-0.3, -0.25) is 9.59 Å².